The minimum absolute atomic E-state index is 0.154. The Balaban J connectivity index is 1.47. The van der Waals surface area contributed by atoms with Gasteiger partial charge < -0.3 is 4.90 Å². The standard InChI is InChI=1S/C42H35N/c1-41(2)34-23-11-8-19-30(34)32-21-14-26-37(39(32)41)43(36-25-13-10-18-29(36)28-16-6-5-7-17-28)38-27-15-22-33-31-20-9-12-24-35(31)42(3,4)40(33)38/h5-27H,1-4H3. The molecular weight excluding hydrogens is 518 g/mol. The summed E-state index contributed by atoms with van der Waals surface area (Å²) in [4.78, 5) is 2.57. The quantitative estimate of drug-likeness (QED) is 0.210. The van der Waals surface area contributed by atoms with Crippen LogP contribution in [0.15, 0.2) is 140 Å². The lowest BCUT2D eigenvalue weighted by Crippen LogP contribution is -2.24. The Morgan fingerprint density at radius 3 is 1.28 bits per heavy atom. The Labute approximate surface area is 255 Å². The summed E-state index contributed by atoms with van der Waals surface area (Å²) in [6.07, 6.45) is 0. The Morgan fingerprint density at radius 1 is 0.349 bits per heavy atom. The Bertz CT molecular complexity index is 1920. The smallest absolute Gasteiger partial charge is 0.0540 e. The van der Waals surface area contributed by atoms with Gasteiger partial charge in [0.1, 0.15) is 0 Å². The molecule has 1 heteroatoms. The van der Waals surface area contributed by atoms with Crippen LogP contribution in [0, 0.1) is 0 Å². The molecular formula is C42H35N. The van der Waals surface area contributed by atoms with Crippen LogP contribution in [0.1, 0.15) is 49.9 Å². The lowest BCUT2D eigenvalue weighted by atomic mass is 9.79. The van der Waals surface area contributed by atoms with Crippen LogP contribution in [0.3, 0.4) is 0 Å². The van der Waals surface area contributed by atoms with Crippen LogP contribution >= 0.6 is 0 Å². The van der Waals surface area contributed by atoms with Crippen LogP contribution in [0.4, 0.5) is 17.1 Å². The molecule has 0 fully saturated rings. The first-order chi connectivity index (χ1) is 20.9. The zero-order chi connectivity index (χ0) is 29.3. The number of para-hydroxylation sites is 1. The molecule has 208 valence electrons. The van der Waals surface area contributed by atoms with Crippen LogP contribution < -0.4 is 4.90 Å². The highest BCUT2D eigenvalue weighted by atomic mass is 15.2. The lowest BCUT2D eigenvalue weighted by Gasteiger charge is -2.36. The van der Waals surface area contributed by atoms with Crippen molar-refractivity contribution in [1.29, 1.82) is 0 Å². The summed E-state index contributed by atoms with van der Waals surface area (Å²) in [7, 11) is 0. The van der Waals surface area contributed by atoms with Gasteiger partial charge in [0.05, 0.1) is 17.1 Å². The Hall–Kier alpha value is -4.88. The molecule has 0 spiro atoms. The van der Waals surface area contributed by atoms with Gasteiger partial charge in [-0.1, -0.05) is 149 Å². The summed E-state index contributed by atoms with van der Waals surface area (Å²) in [6.45, 7) is 9.55. The van der Waals surface area contributed by atoms with Crippen molar-refractivity contribution in [2.75, 3.05) is 4.90 Å². The average Bonchev–Trinajstić information content (AvgIpc) is 3.43. The van der Waals surface area contributed by atoms with E-state index in [2.05, 4.69) is 172 Å². The van der Waals surface area contributed by atoms with Gasteiger partial charge in [-0.3, -0.25) is 0 Å². The van der Waals surface area contributed by atoms with Crippen LogP contribution in [0.2, 0.25) is 0 Å². The topological polar surface area (TPSA) is 3.24 Å². The summed E-state index contributed by atoms with van der Waals surface area (Å²) in [5.41, 5.74) is 16.7. The molecule has 0 saturated carbocycles. The molecule has 6 aromatic rings. The minimum Gasteiger partial charge on any atom is -0.309 e. The van der Waals surface area contributed by atoms with Gasteiger partial charge in [-0.25, -0.2) is 0 Å². The first-order valence-electron chi connectivity index (χ1n) is 15.3. The molecule has 0 unspecified atom stereocenters. The molecule has 1 nitrogen and oxygen atoms in total. The fourth-order valence-corrected chi connectivity index (χ4v) is 7.93. The third-order valence-electron chi connectivity index (χ3n) is 9.83. The predicted octanol–water partition coefficient (Wildman–Crippen LogP) is 11.4. The van der Waals surface area contributed by atoms with Crippen molar-refractivity contribution in [2.45, 2.75) is 38.5 Å². The van der Waals surface area contributed by atoms with E-state index in [1.54, 1.807) is 0 Å². The number of rotatable bonds is 4. The molecule has 0 bridgehead atoms. The fourth-order valence-electron chi connectivity index (χ4n) is 7.93. The van der Waals surface area contributed by atoms with E-state index in [1.165, 1.54) is 72.7 Å². The molecule has 0 amide bonds. The SMILES string of the molecule is CC1(C)c2ccccc2-c2cccc(N(c3ccccc3-c3ccccc3)c3cccc4c3C(C)(C)c3ccccc3-4)c21. The second-order valence-electron chi connectivity index (χ2n) is 13.0. The molecule has 2 aliphatic carbocycles. The van der Waals surface area contributed by atoms with E-state index < -0.39 is 0 Å². The number of hydrogen-bond donors (Lipinski definition) is 0. The van der Waals surface area contributed by atoms with E-state index in [1.807, 2.05) is 0 Å². The zero-order valence-electron chi connectivity index (χ0n) is 25.2. The molecule has 0 atom stereocenters. The highest BCUT2D eigenvalue weighted by molar-refractivity contribution is 5.97. The van der Waals surface area contributed by atoms with Gasteiger partial charge in [0.2, 0.25) is 0 Å². The van der Waals surface area contributed by atoms with Crippen LogP contribution in [-0.4, -0.2) is 0 Å². The van der Waals surface area contributed by atoms with Crippen molar-refractivity contribution in [3.63, 3.8) is 0 Å². The van der Waals surface area contributed by atoms with Crippen molar-refractivity contribution in [1.82, 2.24) is 0 Å². The molecule has 0 radical (unpaired) electrons. The van der Waals surface area contributed by atoms with Gasteiger partial charge in [0.15, 0.2) is 0 Å². The lowest BCUT2D eigenvalue weighted by molar-refractivity contribution is 0.656. The third kappa shape index (κ3) is 3.64. The first-order valence-corrected chi connectivity index (χ1v) is 15.3. The maximum atomic E-state index is 2.57. The summed E-state index contributed by atoms with van der Waals surface area (Å²) < 4.78 is 0. The third-order valence-corrected chi connectivity index (χ3v) is 9.83. The molecule has 8 rings (SSSR count). The fraction of sp³-hybridized carbons (Fsp3) is 0.143. The maximum absolute atomic E-state index is 2.57. The summed E-state index contributed by atoms with van der Waals surface area (Å²) in [5, 5.41) is 0. The largest absolute Gasteiger partial charge is 0.309 e. The molecule has 0 saturated heterocycles. The highest BCUT2D eigenvalue weighted by Crippen LogP contribution is 2.58. The second-order valence-corrected chi connectivity index (χ2v) is 13.0. The van der Waals surface area contributed by atoms with Crippen molar-refractivity contribution in [3.8, 4) is 33.4 Å². The van der Waals surface area contributed by atoms with E-state index in [0.717, 1.165) is 0 Å². The van der Waals surface area contributed by atoms with E-state index >= 15 is 0 Å². The Kier molecular flexibility index (Phi) is 5.59. The van der Waals surface area contributed by atoms with Gasteiger partial charge in [0.25, 0.3) is 0 Å². The van der Waals surface area contributed by atoms with E-state index in [4.69, 9.17) is 0 Å². The summed E-state index contributed by atoms with van der Waals surface area (Å²) in [5.74, 6) is 0. The number of nitrogens with zero attached hydrogens (tertiary/aromatic N) is 1. The molecule has 0 aromatic heterocycles. The predicted molar refractivity (Wildman–Crippen MR) is 182 cm³/mol. The van der Waals surface area contributed by atoms with Crippen molar-refractivity contribution in [2.24, 2.45) is 0 Å². The van der Waals surface area contributed by atoms with Gasteiger partial charge in [-0.15, -0.1) is 0 Å². The van der Waals surface area contributed by atoms with E-state index in [-0.39, 0.29) is 10.8 Å². The normalized spacial score (nSPS) is 14.9. The minimum atomic E-state index is -0.154. The number of anilines is 3. The van der Waals surface area contributed by atoms with E-state index in [0.29, 0.717) is 0 Å². The molecule has 43 heavy (non-hydrogen) atoms. The maximum Gasteiger partial charge on any atom is 0.0540 e. The van der Waals surface area contributed by atoms with Crippen LogP contribution in [0.25, 0.3) is 33.4 Å². The Morgan fingerprint density at radius 2 is 0.744 bits per heavy atom. The molecule has 0 aliphatic heterocycles. The number of benzene rings is 6. The average molecular weight is 554 g/mol. The van der Waals surface area contributed by atoms with Crippen LogP contribution in [-0.2, 0) is 10.8 Å². The van der Waals surface area contributed by atoms with Gasteiger partial charge in [-0.2, -0.15) is 0 Å². The molecule has 6 aromatic carbocycles. The number of hydrogen-bond acceptors (Lipinski definition) is 1. The second kappa shape index (κ2) is 9.31. The molecule has 2 aliphatic rings. The monoisotopic (exact) mass is 553 g/mol. The zero-order valence-corrected chi connectivity index (χ0v) is 25.2. The van der Waals surface area contributed by atoms with Gasteiger partial charge in [-0.05, 0) is 68.3 Å². The highest BCUT2D eigenvalue weighted by Gasteiger charge is 2.42. The van der Waals surface area contributed by atoms with Crippen LogP contribution in [0.5, 0.6) is 0 Å². The summed E-state index contributed by atoms with van der Waals surface area (Å²) in [6, 6.07) is 51.4. The van der Waals surface area contributed by atoms with Crippen molar-refractivity contribution in [3.05, 3.63) is 162 Å². The first kappa shape index (κ1) is 25.8. The number of fused-ring (bicyclic) bond motifs is 6. The van der Waals surface area contributed by atoms with Gasteiger partial charge >= 0.3 is 0 Å². The molecule has 0 heterocycles. The van der Waals surface area contributed by atoms with Gasteiger partial charge in [0, 0.05) is 16.4 Å². The van der Waals surface area contributed by atoms with Crippen molar-refractivity contribution < 1.29 is 0 Å². The summed E-state index contributed by atoms with van der Waals surface area (Å²) >= 11 is 0. The molecule has 0 N–H and O–H groups in total. The van der Waals surface area contributed by atoms with Crippen molar-refractivity contribution >= 4 is 17.1 Å². The van der Waals surface area contributed by atoms with E-state index in [9.17, 15) is 0 Å².